The van der Waals surface area contributed by atoms with Crippen LogP contribution in [0.4, 0.5) is 5.69 Å². The van der Waals surface area contributed by atoms with Crippen molar-refractivity contribution in [3.63, 3.8) is 0 Å². The fraction of sp³-hybridized carbons (Fsp3) is 0.655. The number of benzene rings is 1. The van der Waals surface area contributed by atoms with Crippen LogP contribution < -0.4 is 0 Å². The SMILES string of the molecule is C=CCN(C(=O)CCc1ccc([N+](=O)[O-])cc1)C1CCN(C[C@@H]2CCC(C(CC3CC3)C(=O)O)C2)CC1. The van der Waals surface area contributed by atoms with E-state index < -0.39 is 10.9 Å². The van der Waals surface area contributed by atoms with E-state index in [2.05, 4.69) is 11.5 Å². The van der Waals surface area contributed by atoms with Gasteiger partial charge in [-0.2, -0.15) is 0 Å². The van der Waals surface area contributed by atoms with Gasteiger partial charge in [0.2, 0.25) is 5.91 Å². The topological polar surface area (TPSA) is 104 Å². The Labute approximate surface area is 219 Å². The quantitative estimate of drug-likeness (QED) is 0.229. The zero-order chi connectivity index (χ0) is 26.4. The maximum atomic E-state index is 13.1. The van der Waals surface area contributed by atoms with Crippen LogP contribution in [0.3, 0.4) is 0 Å². The van der Waals surface area contributed by atoms with Crippen molar-refractivity contribution >= 4 is 17.6 Å². The number of rotatable bonds is 13. The summed E-state index contributed by atoms with van der Waals surface area (Å²) in [6.07, 6.45) is 11.1. The van der Waals surface area contributed by atoms with Gasteiger partial charge < -0.3 is 14.9 Å². The van der Waals surface area contributed by atoms with Crippen LogP contribution in [0, 0.1) is 33.8 Å². The highest BCUT2D eigenvalue weighted by Crippen LogP contribution is 2.43. The minimum Gasteiger partial charge on any atom is -0.481 e. The molecular formula is C29H41N3O5. The Bertz CT molecular complexity index is 953. The Hall–Kier alpha value is -2.74. The summed E-state index contributed by atoms with van der Waals surface area (Å²) in [6.45, 7) is 7.34. The van der Waals surface area contributed by atoms with Gasteiger partial charge in [-0.15, -0.1) is 6.58 Å². The van der Waals surface area contributed by atoms with Crippen LogP contribution in [0.1, 0.15) is 63.4 Å². The van der Waals surface area contributed by atoms with Gasteiger partial charge in [-0.3, -0.25) is 19.7 Å². The number of hydrogen-bond acceptors (Lipinski definition) is 5. The second-order valence-electron chi connectivity index (χ2n) is 11.4. The third-order valence-electron chi connectivity index (χ3n) is 8.69. The van der Waals surface area contributed by atoms with Crippen molar-refractivity contribution in [3.05, 3.63) is 52.6 Å². The minimum absolute atomic E-state index is 0.0585. The summed E-state index contributed by atoms with van der Waals surface area (Å²) < 4.78 is 0. The van der Waals surface area contributed by atoms with Gasteiger partial charge in [0, 0.05) is 50.8 Å². The fourth-order valence-corrected chi connectivity index (χ4v) is 6.40. The molecule has 37 heavy (non-hydrogen) atoms. The zero-order valence-electron chi connectivity index (χ0n) is 21.8. The summed E-state index contributed by atoms with van der Waals surface area (Å²) in [5.41, 5.74) is 0.979. The average Bonchev–Trinajstić information content (AvgIpc) is 3.61. The molecule has 1 saturated heterocycles. The van der Waals surface area contributed by atoms with E-state index in [0.717, 1.165) is 63.7 Å². The summed E-state index contributed by atoms with van der Waals surface area (Å²) in [5, 5.41) is 20.6. The van der Waals surface area contributed by atoms with E-state index in [0.29, 0.717) is 37.1 Å². The normalized spacial score (nSPS) is 23.5. The molecule has 3 atom stereocenters. The number of piperidine rings is 1. The van der Waals surface area contributed by atoms with Crippen molar-refractivity contribution in [3.8, 4) is 0 Å². The summed E-state index contributed by atoms with van der Waals surface area (Å²) in [6, 6.07) is 6.61. The second kappa shape index (κ2) is 12.7. The molecule has 2 aliphatic carbocycles. The highest BCUT2D eigenvalue weighted by molar-refractivity contribution is 5.77. The summed E-state index contributed by atoms with van der Waals surface area (Å²) >= 11 is 0. The molecule has 1 aromatic carbocycles. The largest absolute Gasteiger partial charge is 0.481 e. The number of carboxylic acids is 1. The lowest BCUT2D eigenvalue weighted by Gasteiger charge is -2.39. The van der Waals surface area contributed by atoms with E-state index in [4.69, 9.17) is 0 Å². The summed E-state index contributed by atoms with van der Waals surface area (Å²) in [5.74, 6) is 0.902. The molecule has 1 aromatic rings. The van der Waals surface area contributed by atoms with Crippen LogP contribution in [0.2, 0.25) is 0 Å². The minimum atomic E-state index is -0.598. The van der Waals surface area contributed by atoms with E-state index in [1.807, 2.05) is 4.90 Å². The lowest BCUT2D eigenvalue weighted by Crippen LogP contribution is -2.48. The third-order valence-corrected chi connectivity index (χ3v) is 8.69. The molecule has 0 spiro atoms. The van der Waals surface area contributed by atoms with Crippen LogP contribution in [0.15, 0.2) is 36.9 Å². The monoisotopic (exact) mass is 511 g/mol. The first-order valence-electron chi connectivity index (χ1n) is 13.9. The molecule has 3 aliphatic rings. The molecule has 2 unspecified atom stereocenters. The number of carboxylic acid groups (broad SMARTS) is 1. The number of nitrogens with zero attached hydrogens (tertiary/aromatic N) is 3. The lowest BCUT2D eigenvalue weighted by atomic mass is 9.86. The van der Waals surface area contributed by atoms with Gasteiger partial charge in [0.05, 0.1) is 10.8 Å². The predicted octanol–water partition coefficient (Wildman–Crippen LogP) is 4.92. The van der Waals surface area contributed by atoms with Gasteiger partial charge in [0.15, 0.2) is 0 Å². The van der Waals surface area contributed by atoms with Gasteiger partial charge in [-0.1, -0.05) is 31.1 Å². The van der Waals surface area contributed by atoms with Gasteiger partial charge in [-0.05, 0) is 68.3 Å². The molecule has 4 rings (SSSR count). The van der Waals surface area contributed by atoms with Gasteiger partial charge in [0.25, 0.3) is 5.69 Å². The molecule has 8 nitrogen and oxygen atoms in total. The molecule has 3 fully saturated rings. The van der Waals surface area contributed by atoms with Crippen LogP contribution in [-0.2, 0) is 16.0 Å². The van der Waals surface area contributed by atoms with Crippen LogP contribution >= 0.6 is 0 Å². The molecule has 1 aliphatic heterocycles. The number of likely N-dealkylation sites (tertiary alicyclic amines) is 1. The predicted molar refractivity (Wildman–Crippen MR) is 142 cm³/mol. The van der Waals surface area contributed by atoms with Crippen LogP contribution in [-0.4, -0.2) is 63.9 Å². The first kappa shape index (κ1) is 27.3. The zero-order valence-corrected chi connectivity index (χ0v) is 21.8. The fourth-order valence-electron chi connectivity index (χ4n) is 6.40. The van der Waals surface area contributed by atoms with E-state index in [-0.39, 0.29) is 23.6 Å². The number of nitro groups is 1. The van der Waals surface area contributed by atoms with Crippen LogP contribution in [0.5, 0.6) is 0 Å². The Balaban J connectivity index is 1.22. The van der Waals surface area contributed by atoms with Crippen molar-refractivity contribution in [2.45, 2.75) is 70.3 Å². The average molecular weight is 512 g/mol. The van der Waals surface area contributed by atoms with Crippen molar-refractivity contribution in [1.29, 1.82) is 0 Å². The maximum absolute atomic E-state index is 13.1. The summed E-state index contributed by atoms with van der Waals surface area (Å²) in [7, 11) is 0. The smallest absolute Gasteiger partial charge is 0.306 e. The maximum Gasteiger partial charge on any atom is 0.306 e. The highest BCUT2D eigenvalue weighted by atomic mass is 16.6. The van der Waals surface area contributed by atoms with E-state index in [1.165, 1.54) is 25.0 Å². The molecule has 2 saturated carbocycles. The molecule has 0 aromatic heterocycles. The molecular weight excluding hydrogens is 470 g/mol. The van der Waals surface area contributed by atoms with Crippen molar-refractivity contribution in [2.24, 2.45) is 23.7 Å². The number of aryl methyl sites for hydroxylation is 1. The van der Waals surface area contributed by atoms with Crippen molar-refractivity contribution in [1.82, 2.24) is 9.80 Å². The van der Waals surface area contributed by atoms with E-state index in [1.54, 1.807) is 18.2 Å². The Morgan fingerprint density at radius 2 is 1.78 bits per heavy atom. The molecule has 1 N–H and O–H groups in total. The number of nitro benzene ring substituents is 1. The molecule has 1 amide bonds. The third kappa shape index (κ3) is 7.63. The Morgan fingerprint density at radius 1 is 1.11 bits per heavy atom. The van der Waals surface area contributed by atoms with Crippen molar-refractivity contribution in [2.75, 3.05) is 26.2 Å². The molecule has 0 radical (unpaired) electrons. The molecule has 202 valence electrons. The number of amides is 1. The number of non-ortho nitro benzene ring substituents is 1. The lowest BCUT2D eigenvalue weighted by molar-refractivity contribution is -0.384. The Kier molecular flexibility index (Phi) is 9.35. The first-order valence-corrected chi connectivity index (χ1v) is 13.9. The van der Waals surface area contributed by atoms with Gasteiger partial charge in [-0.25, -0.2) is 0 Å². The number of carbonyl (C=O) groups excluding carboxylic acids is 1. The van der Waals surface area contributed by atoms with Crippen LogP contribution in [0.25, 0.3) is 0 Å². The number of hydrogen-bond donors (Lipinski definition) is 1. The molecule has 0 bridgehead atoms. The first-order chi connectivity index (χ1) is 17.8. The molecule has 8 heteroatoms. The van der Waals surface area contributed by atoms with Crippen molar-refractivity contribution < 1.29 is 19.6 Å². The standard InChI is InChI=1S/C29H41N3O5/c1-2-15-31(28(33)12-8-21-6-10-26(11-7-21)32(36)37)25-13-16-30(17-14-25)20-23-5-9-24(18-23)27(29(34)35)19-22-3-4-22/h2,6-7,10-11,22-25,27H,1,3-5,8-9,12-20H2,(H,34,35)/t23-,24?,27?/m1/s1. The molecule has 1 heterocycles. The second-order valence-corrected chi connectivity index (χ2v) is 11.4. The van der Waals surface area contributed by atoms with Gasteiger partial charge >= 0.3 is 5.97 Å². The van der Waals surface area contributed by atoms with E-state index in [9.17, 15) is 24.8 Å². The Morgan fingerprint density at radius 3 is 2.38 bits per heavy atom. The van der Waals surface area contributed by atoms with Gasteiger partial charge in [0.1, 0.15) is 0 Å². The number of aliphatic carboxylic acids is 1. The highest BCUT2D eigenvalue weighted by Gasteiger charge is 2.39. The summed E-state index contributed by atoms with van der Waals surface area (Å²) in [4.78, 5) is 39.8. The number of carbonyl (C=O) groups is 2. The van der Waals surface area contributed by atoms with E-state index >= 15 is 0 Å².